The molecule has 5 rings (SSSR count). The van der Waals surface area contributed by atoms with Gasteiger partial charge >= 0.3 is 0 Å². The normalized spacial score (nSPS) is 15.0. The standard InChI is InChI=1S/C30H32FN5O2/c1-18(2)22-7-5-8-23(14-22)33-29(37)27-24-17-35(30(38)26-9-6-12-32-26)15-20(4)28(24)36(34-27)16-21-10-11-25(31)19(3)13-21/h5-14,18,20,32H,15-17H2,1-4H3,(H,33,37)/t20-/m1/s1. The van der Waals surface area contributed by atoms with Gasteiger partial charge in [0.15, 0.2) is 5.69 Å². The molecule has 196 valence electrons. The van der Waals surface area contributed by atoms with Gasteiger partial charge in [-0.2, -0.15) is 5.10 Å². The van der Waals surface area contributed by atoms with E-state index >= 15 is 0 Å². The molecular formula is C30H32FN5O2. The Morgan fingerprint density at radius 3 is 2.68 bits per heavy atom. The molecule has 7 nitrogen and oxygen atoms in total. The van der Waals surface area contributed by atoms with E-state index in [2.05, 4.69) is 24.1 Å². The lowest BCUT2D eigenvalue weighted by atomic mass is 9.95. The molecule has 0 spiro atoms. The zero-order chi connectivity index (χ0) is 27.0. The summed E-state index contributed by atoms with van der Waals surface area (Å²) < 4.78 is 15.7. The Hall–Kier alpha value is -4.20. The number of carbonyl (C=O) groups is 2. The van der Waals surface area contributed by atoms with Gasteiger partial charge in [-0.05, 0) is 59.9 Å². The number of halogens is 1. The predicted octanol–water partition coefficient (Wildman–Crippen LogP) is 5.84. The number of rotatable bonds is 6. The highest BCUT2D eigenvalue weighted by Crippen LogP contribution is 2.32. The van der Waals surface area contributed by atoms with Crippen LogP contribution in [0, 0.1) is 12.7 Å². The van der Waals surface area contributed by atoms with E-state index < -0.39 is 0 Å². The number of anilines is 1. The highest BCUT2D eigenvalue weighted by atomic mass is 19.1. The van der Waals surface area contributed by atoms with E-state index in [1.165, 1.54) is 6.07 Å². The lowest BCUT2D eigenvalue weighted by Gasteiger charge is -2.32. The summed E-state index contributed by atoms with van der Waals surface area (Å²) in [6, 6.07) is 16.3. The second-order valence-electron chi connectivity index (χ2n) is 10.4. The molecule has 0 radical (unpaired) electrons. The van der Waals surface area contributed by atoms with E-state index in [0.717, 1.165) is 22.4 Å². The molecule has 1 atom stereocenters. The first-order valence-corrected chi connectivity index (χ1v) is 12.9. The number of aryl methyl sites for hydroxylation is 1. The molecular weight excluding hydrogens is 481 g/mol. The van der Waals surface area contributed by atoms with E-state index in [0.29, 0.717) is 41.6 Å². The molecule has 0 unspecified atom stereocenters. The van der Waals surface area contributed by atoms with Gasteiger partial charge in [0.2, 0.25) is 0 Å². The summed E-state index contributed by atoms with van der Waals surface area (Å²) >= 11 is 0. The zero-order valence-electron chi connectivity index (χ0n) is 22.1. The lowest BCUT2D eigenvalue weighted by Crippen LogP contribution is -2.38. The molecule has 1 aliphatic rings. The molecule has 0 aliphatic carbocycles. The number of fused-ring (bicyclic) bond motifs is 1. The molecule has 2 aromatic carbocycles. The molecule has 0 saturated carbocycles. The van der Waals surface area contributed by atoms with Crippen LogP contribution in [0.25, 0.3) is 0 Å². The number of hydrogen-bond donors (Lipinski definition) is 2. The summed E-state index contributed by atoms with van der Waals surface area (Å²) in [5, 5.41) is 7.77. The third-order valence-electron chi connectivity index (χ3n) is 7.10. The molecule has 3 heterocycles. The van der Waals surface area contributed by atoms with Crippen LogP contribution >= 0.6 is 0 Å². The Balaban J connectivity index is 1.52. The Labute approximate surface area is 221 Å². The minimum atomic E-state index is -0.322. The highest BCUT2D eigenvalue weighted by molar-refractivity contribution is 6.04. The fourth-order valence-corrected chi connectivity index (χ4v) is 5.13. The van der Waals surface area contributed by atoms with Crippen molar-refractivity contribution in [2.45, 2.75) is 52.6 Å². The SMILES string of the molecule is Cc1cc(Cn2nc(C(=O)Nc3cccc(C(C)C)c3)c3c2[C@H](C)CN(C(=O)c2ccc[nH]2)C3)ccc1F. The Morgan fingerprint density at radius 2 is 1.97 bits per heavy atom. The summed E-state index contributed by atoms with van der Waals surface area (Å²) in [6.45, 7) is 9.14. The van der Waals surface area contributed by atoms with Gasteiger partial charge in [-0.25, -0.2) is 4.39 Å². The zero-order valence-corrected chi connectivity index (χ0v) is 22.1. The van der Waals surface area contributed by atoms with Crippen LogP contribution < -0.4 is 5.32 Å². The van der Waals surface area contributed by atoms with E-state index in [4.69, 9.17) is 5.10 Å². The number of nitrogens with zero attached hydrogens (tertiary/aromatic N) is 3. The number of nitrogens with one attached hydrogen (secondary N) is 2. The first kappa shape index (κ1) is 25.4. The number of hydrogen-bond acceptors (Lipinski definition) is 3. The quantitative estimate of drug-likeness (QED) is 0.340. The van der Waals surface area contributed by atoms with Gasteiger partial charge < -0.3 is 15.2 Å². The van der Waals surface area contributed by atoms with Crippen LogP contribution in [0.1, 0.15) is 81.5 Å². The average molecular weight is 514 g/mol. The van der Waals surface area contributed by atoms with Crippen molar-refractivity contribution in [3.8, 4) is 0 Å². The first-order chi connectivity index (χ1) is 18.2. The maximum absolute atomic E-state index is 13.9. The van der Waals surface area contributed by atoms with Gasteiger partial charge in [0.05, 0.1) is 13.1 Å². The van der Waals surface area contributed by atoms with Gasteiger partial charge in [-0.3, -0.25) is 14.3 Å². The molecule has 2 aromatic heterocycles. The number of H-pyrrole nitrogens is 1. The van der Waals surface area contributed by atoms with Crippen molar-refractivity contribution in [3.63, 3.8) is 0 Å². The maximum atomic E-state index is 13.9. The van der Waals surface area contributed by atoms with Crippen LogP contribution in [0.2, 0.25) is 0 Å². The number of amides is 2. The third-order valence-corrected chi connectivity index (χ3v) is 7.10. The monoisotopic (exact) mass is 513 g/mol. The molecule has 1 aliphatic heterocycles. The number of aromatic amines is 1. The van der Waals surface area contributed by atoms with Crippen LogP contribution in [0.4, 0.5) is 10.1 Å². The Morgan fingerprint density at radius 1 is 1.16 bits per heavy atom. The van der Waals surface area contributed by atoms with Crippen LogP contribution in [0.3, 0.4) is 0 Å². The van der Waals surface area contributed by atoms with E-state index in [1.807, 2.05) is 35.9 Å². The van der Waals surface area contributed by atoms with Crippen molar-refractivity contribution in [1.82, 2.24) is 19.7 Å². The molecule has 0 fully saturated rings. The van der Waals surface area contributed by atoms with Gasteiger partial charge in [-0.15, -0.1) is 0 Å². The van der Waals surface area contributed by atoms with Crippen LogP contribution in [0.15, 0.2) is 60.8 Å². The highest BCUT2D eigenvalue weighted by Gasteiger charge is 2.34. The molecule has 4 aromatic rings. The fourth-order valence-electron chi connectivity index (χ4n) is 5.13. The van der Waals surface area contributed by atoms with Crippen molar-refractivity contribution < 1.29 is 14.0 Å². The number of carbonyl (C=O) groups excluding carboxylic acids is 2. The molecule has 2 amide bonds. The Bertz CT molecular complexity index is 1490. The molecule has 0 saturated heterocycles. The lowest BCUT2D eigenvalue weighted by molar-refractivity contribution is 0.0711. The molecule has 38 heavy (non-hydrogen) atoms. The van der Waals surface area contributed by atoms with Gasteiger partial charge in [0, 0.05) is 35.6 Å². The van der Waals surface area contributed by atoms with Crippen LogP contribution in [-0.2, 0) is 13.1 Å². The topological polar surface area (TPSA) is 83.0 Å². The summed E-state index contributed by atoms with van der Waals surface area (Å²) in [5.41, 5.74) is 5.73. The van der Waals surface area contributed by atoms with Gasteiger partial charge in [0.25, 0.3) is 11.8 Å². The third kappa shape index (κ3) is 4.98. The summed E-state index contributed by atoms with van der Waals surface area (Å²) in [7, 11) is 0. The first-order valence-electron chi connectivity index (χ1n) is 12.9. The summed E-state index contributed by atoms with van der Waals surface area (Å²) in [5.74, 6) is -0.432. The molecule has 8 heteroatoms. The maximum Gasteiger partial charge on any atom is 0.276 e. The Kier molecular flexibility index (Phi) is 6.89. The molecule has 2 N–H and O–H groups in total. The van der Waals surface area contributed by atoms with Gasteiger partial charge in [0.1, 0.15) is 11.5 Å². The van der Waals surface area contributed by atoms with Crippen molar-refractivity contribution in [1.29, 1.82) is 0 Å². The molecule has 0 bridgehead atoms. The average Bonchev–Trinajstić information content (AvgIpc) is 3.55. The van der Waals surface area contributed by atoms with E-state index in [9.17, 15) is 14.0 Å². The number of aromatic nitrogens is 3. The van der Waals surface area contributed by atoms with Crippen LogP contribution in [0.5, 0.6) is 0 Å². The minimum absolute atomic E-state index is 0.0578. The van der Waals surface area contributed by atoms with Crippen molar-refractivity contribution >= 4 is 17.5 Å². The predicted molar refractivity (Wildman–Crippen MR) is 145 cm³/mol. The van der Waals surface area contributed by atoms with Crippen molar-refractivity contribution in [2.24, 2.45) is 0 Å². The summed E-state index contributed by atoms with van der Waals surface area (Å²) in [6.07, 6.45) is 1.72. The van der Waals surface area contributed by atoms with Crippen LogP contribution in [-0.4, -0.2) is 38.0 Å². The van der Waals surface area contributed by atoms with Crippen molar-refractivity contribution in [3.05, 3.63) is 106 Å². The van der Waals surface area contributed by atoms with Crippen molar-refractivity contribution in [2.75, 3.05) is 11.9 Å². The second-order valence-corrected chi connectivity index (χ2v) is 10.4. The fraction of sp³-hybridized carbons (Fsp3) is 0.300. The largest absolute Gasteiger partial charge is 0.357 e. The smallest absolute Gasteiger partial charge is 0.276 e. The minimum Gasteiger partial charge on any atom is -0.357 e. The van der Waals surface area contributed by atoms with E-state index in [1.54, 1.807) is 42.3 Å². The van der Waals surface area contributed by atoms with E-state index in [-0.39, 0.29) is 30.1 Å². The number of benzene rings is 2. The van der Waals surface area contributed by atoms with Gasteiger partial charge in [-0.1, -0.05) is 45.0 Å². The summed E-state index contributed by atoms with van der Waals surface area (Å²) in [4.78, 5) is 31.5. The second kappa shape index (κ2) is 10.3.